The van der Waals surface area contributed by atoms with Gasteiger partial charge in [0.15, 0.2) is 0 Å². The molecule has 0 spiro atoms. The average Bonchev–Trinajstić information content (AvgIpc) is 3.26. The van der Waals surface area contributed by atoms with E-state index < -0.39 is 54.0 Å². The molecular weight excluding hydrogens is 853 g/mol. The number of rotatable bonds is 43. The minimum Gasteiger partial charge on any atom is -0.396 e. The van der Waals surface area contributed by atoms with Crippen LogP contribution in [0.15, 0.2) is 0 Å². The Bertz CT molecular complexity index is 1250. The SMILES string of the molecule is CCCCCCCCCCCCC(CC(CCC)C(=O)C(COC(CC(C(=O)C(CCC)CC(CCCCCCCCCCCC)C(C)(C)C)C(C)(C)C)C(CO)(CO)CO)C(C)(C)C)C(C)(C)C. The summed E-state index contributed by atoms with van der Waals surface area (Å²) in [6, 6.07) is 0. The highest BCUT2D eigenvalue weighted by molar-refractivity contribution is 5.85. The first kappa shape index (κ1) is 68.2. The number of hydrogen-bond donors (Lipinski definition) is 3. The molecule has 6 heteroatoms. The zero-order chi connectivity index (χ0) is 52.7. The number of ketones is 2. The Kier molecular flexibility index (Phi) is 35.8. The van der Waals surface area contributed by atoms with E-state index in [1.807, 2.05) is 0 Å². The number of hydrogen-bond acceptors (Lipinski definition) is 6. The van der Waals surface area contributed by atoms with Crippen molar-refractivity contribution in [2.75, 3.05) is 26.4 Å². The van der Waals surface area contributed by atoms with Crippen LogP contribution in [0.4, 0.5) is 0 Å². The van der Waals surface area contributed by atoms with E-state index in [4.69, 9.17) is 4.74 Å². The molecule has 0 aliphatic heterocycles. The molecule has 0 fully saturated rings. The summed E-state index contributed by atoms with van der Waals surface area (Å²) in [6.45, 7) is 34.3. The Morgan fingerprint density at radius 2 is 0.681 bits per heavy atom. The van der Waals surface area contributed by atoms with Gasteiger partial charge in [0.1, 0.15) is 11.6 Å². The first-order valence-corrected chi connectivity index (χ1v) is 29.9. The predicted octanol–water partition coefficient (Wildman–Crippen LogP) is 17.7. The Hall–Kier alpha value is -0.820. The third-order valence-corrected chi connectivity index (χ3v) is 16.8. The van der Waals surface area contributed by atoms with Crippen molar-refractivity contribution in [1.82, 2.24) is 0 Å². The summed E-state index contributed by atoms with van der Waals surface area (Å²) in [5.74, 6) is 0.234. The van der Waals surface area contributed by atoms with E-state index in [0.717, 1.165) is 51.4 Å². The van der Waals surface area contributed by atoms with Crippen molar-refractivity contribution in [2.24, 2.45) is 62.6 Å². The molecule has 7 atom stereocenters. The first-order valence-electron chi connectivity index (χ1n) is 29.9. The van der Waals surface area contributed by atoms with Crippen LogP contribution in [-0.4, -0.2) is 59.4 Å². The van der Waals surface area contributed by atoms with Crippen LogP contribution in [0.2, 0.25) is 0 Å². The molecule has 0 amide bonds. The third-order valence-electron chi connectivity index (χ3n) is 16.8. The summed E-state index contributed by atoms with van der Waals surface area (Å²) < 4.78 is 6.95. The number of Topliss-reactive ketones (excluding diaryl/α,β-unsaturated/α-hetero) is 2. The maximum atomic E-state index is 15.3. The first-order chi connectivity index (χ1) is 32.3. The molecule has 6 nitrogen and oxygen atoms in total. The topological polar surface area (TPSA) is 104 Å². The minimum absolute atomic E-state index is 0.0677. The molecule has 69 heavy (non-hydrogen) atoms. The van der Waals surface area contributed by atoms with Crippen LogP contribution < -0.4 is 0 Å². The van der Waals surface area contributed by atoms with Gasteiger partial charge in [-0.3, -0.25) is 9.59 Å². The van der Waals surface area contributed by atoms with E-state index in [2.05, 4.69) is 111 Å². The Morgan fingerprint density at radius 3 is 0.957 bits per heavy atom. The molecule has 0 aromatic heterocycles. The molecule has 412 valence electrons. The van der Waals surface area contributed by atoms with Crippen molar-refractivity contribution in [1.29, 1.82) is 0 Å². The lowest BCUT2D eigenvalue weighted by molar-refractivity contribution is -0.155. The lowest BCUT2D eigenvalue weighted by Gasteiger charge is -2.43. The zero-order valence-electron chi connectivity index (χ0n) is 49.4. The lowest BCUT2D eigenvalue weighted by atomic mass is 9.65. The maximum Gasteiger partial charge on any atom is 0.141 e. The van der Waals surface area contributed by atoms with Crippen molar-refractivity contribution in [3.8, 4) is 0 Å². The molecule has 0 aromatic carbocycles. The molecule has 0 saturated heterocycles. The van der Waals surface area contributed by atoms with Crippen LogP contribution in [-0.2, 0) is 14.3 Å². The highest BCUT2D eigenvalue weighted by Crippen LogP contribution is 2.44. The molecule has 0 rings (SSSR count). The number of carbonyl (C=O) groups is 2. The lowest BCUT2D eigenvalue weighted by Crippen LogP contribution is -2.51. The monoisotopic (exact) mass is 977 g/mol. The van der Waals surface area contributed by atoms with Gasteiger partial charge in [-0.2, -0.15) is 0 Å². The van der Waals surface area contributed by atoms with E-state index in [9.17, 15) is 15.3 Å². The molecule has 0 aromatic rings. The van der Waals surface area contributed by atoms with Gasteiger partial charge in [-0.1, -0.05) is 252 Å². The van der Waals surface area contributed by atoms with E-state index in [1.165, 1.54) is 128 Å². The van der Waals surface area contributed by atoms with Crippen LogP contribution in [0.5, 0.6) is 0 Å². The number of carbonyl (C=O) groups excluding carboxylic acids is 2. The number of unbranched alkanes of at least 4 members (excludes halogenated alkanes) is 18. The van der Waals surface area contributed by atoms with Crippen LogP contribution in [0.25, 0.3) is 0 Å². The van der Waals surface area contributed by atoms with Gasteiger partial charge in [0.2, 0.25) is 0 Å². The smallest absolute Gasteiger partial charge is 0.141 e. The molecule has 3 N–H and O–H groups in total. The van der Waals surface area contributed by atoms with Crippen molar-refractivity contribution in [3.05, 3.63) is 0 Å². The third kappa shape index (κ3) is 27.9. The van der Waals surface area contributed by atoms with Crippen LogP contribution >= 0.6 is 0 Å². The van der Waals surface area contributed by atoms with Crippen molar-refractivity contribution in [3.63, 3.8) is 0 Å². The van der Waals surface area contributed by atoms with Gasteiger partial charge in [-0.15, -0.1) is 0 Å². The zero-order valence-corrected chi connectivity index (χ0v) is 49.4. The summed E-state index contributed by atoms with van der Waals surface area (Å²) in [4.78, 5) is 30.3. The van der Waals surface area contributed by atoms with Gasteiger partial charge in [0.25, 0.3) is 0 Å². The number of aliphatic hydroxyl groups excluding tert-OH is 3. The van der Waals surface area contributed by atoms with Crippen molar-refractivity contribution >= 4 is 11.6 Å². The second-order valence-electron chi connectivity index (χ2n) is 27.0. The maximum absolute atomic E-state index is 15.3. The molecule has 0 radical (unpaired) electrons. The van der Waals surface area contributed by atoms with Crippen LogP contribution in [0.3, 0.4) is 0 Å². The van der Waals surface area contributed by atoms with Crippen LogP contribution in [0.1, 0.15) is 297 Å². The Labute approximate surface area is 431 Å². The van der Waals surface area contributed by atoms with Crippen molar-refractivity contribution < 1.29 is 29.6 Å². The fraction of sp³-hybridized carbons (Fsp3) is 0.968. The summed E-state index contributed by atoms with van der Waals surface area (Å²) in [7, 11) is 0. The predicted molar refractivity (Wildman–Crippen MR) is 299 cm³/mol. The Balaban J connectivity index is 6.49. The number of aliphatic hydroxyl groups is 3. The molecule has 0 aliphatic carbocycles. The summed E-state index contributed by atoms with van der Waals surface area (Å²) >= 11 is 0. The second kappa shape index (κ2) is 36.2. The summed E-state index contributed by atoms with van der Waals surface area (Å²) in [5.41, 5.74) is -2.08. The van der Waals surface area contributed by atoms with Gasteiger partial charge in [-0.05, 0) is 78.4 Å². The molecule has 0 aliphatic rings. The standard InChI is InChI=1S/C63H124O6/c1-17-21-23-25-27-29-31-33-35-37-41-52(59(5,6)7)43-50(39-19-3)57(67)54(61(11,12)13)45-56(63(47-64,48-65)49-66)69-46-55(62(14,15)16)58(68)51(40-20-4)44-53(60(8,9)10)42-38-36-34-32-30-28-26-24-22-18-2/h50-56,64-66H,17-49H2,1-16H3. The molecule has 0 heterocycles. The molecule has 0 bridgehead atoms. The molecular formula is C63H124O6. The van der Waals surface area contributed by atoms with Gasteiger partial charge in [0.05, 0.1) is 37.9 Å². The van der Waals surface area contributed by atoms with E-state index in [-0.39, 0.29) is 47.3 Å². The normalized spacial score (nSPS) is 16.3. The van der Waals surface area contributed by atoms with Gasteiger partial charge in [0, 0.05) is 23.7 Å². The molecule has 7 unspecified atom stereocenters. The summed E-state index contributed by atoms with van der Waals surface area (Å²) in [5, 5.41) is 33.0. The second-order valence-corrected chi connectivity index (χ2v) is 27.0. The Morgan fingerprint density at radius 1 is 0.377 bits per heavy atom. The molecule has 0 saturated carbocycles. The number of ether oxygens (including phenoxy) is 1. The van der Waals surface area contributed by atoms with Gasteiger partial charge < -0.3 is 20.1 Å². The largest absolute Gasteiger partial charge is 0.396 e. The van der Waals surface area contributed by atoms with E-state index >= 15 is 9.59 Å². The fourth-order valence-corrected chi connectivity index (χ4v) is 11.3. The summed E-state index contributed by atoms with van der Waals surface area (Å²) in [6.07, 6.45) is 33.2. The fourth-order valence-electron chi connectivity index (χ4n) is 11.3. The average molecular weight is 978 g/mol. The van der Waals surface area contributed by atoms with E-state index in [1.54, 1.807) is 0 Å². The van der Waals surface area contributed by atoms with Crippen LogP contribution in [0, 0.1) is 62.6 Å². The van der Waals surface area contributed by atoms with Gasteiger partial charge in [-0.25, -0.2) is 0 Å². The highest BCUT2D eigenvalue weighted by Gasteiger charge is 2.47. The quantitative estimate of drug-likeness (QED) is 0.0526. The minimum atomic E-state index is -1.38. The highest BCUT2D eigenvalue weighted by atomic mass is 16.5. The van der Waals surface area contributed by atoms with Crippen molar-refractivity contribution in [2.45, 2.75) is 303 Å². The van der Waals surface area contributed by atoms with E-state index in [0.29, 0.717) is 11.8 Å². The van der Waals surface area contributed by atoms with Gasteiger partial charge >= 0.3 is 0 Å².